The van der Waals surface area contributed by atoms with Crippen LogP contribution in [0.3, 0.4) is 0 Å². The van der Waals surface area contributed by atoms with Crippen molar-refractivity contribution in [3.8, 4) is 0 Å². The zero-order valence-electron chi connectivity index (χ0n) is 7.50. The fourth-order valence-electron chi connectivity index (χ4n) is 1.99. The second-order valence-corrected chi connectivity index (χ2v) is 4.24. The number of carbonyl (C=O) groups excluding carboxylic acids is 1. The molecule has 0 radical (unpaired) electrons. The highest BCUT2D eigenvalue weighted by atomic mass is 16.8. The zero-order chi connectivity index (χ0) is 8.77. The molecule has 1 aliphatic carbocycles. The van der Waals surface area contributed by atoms with Crippen LogP contribution in [-0.4, -0.2) is 18.4 Å². The van der Waals surface area contributed by atoms with Gasteiger partial charge in [0, 0.05) is 0 Å². The van der Waals surface area contributed by atoms with E-state index in [0.717, 1.165) is 12.8 Å². The Bertz CT molecular complexity index is 204. The molecule has 0 aromatic heterocycles. The number of cyclic esters (lactones) is 1. The van der Waals surface area contributed by atoms with Gasteiger partial charge in [0.25, 0.3) is 0 Å². The van der Waals surface area contributed by atoms with Crippen molar-refractivity contribution in [2.24, 2.45) is 11.8 Å². The van der Waals surface area contributed by atoms with E-state index in [-0.39, 0.29) is 5.60 Å². The van der Waals surface area contributed by atoms with Crippen molar-refractivity contribution in [2.45, 2.75) is 32.3 Å². The fourth-order valence-corrected chi connectivity index (χ4v) is 1.99. The summed E-state index contributed by atoms with van der Waals surface area (Å²) in [6.07, 6.45) is 1.48. The number of hydrogen-bond acceptors (Lipinski definition) is 3. The van der Waals surface area contributed by atoms with Gasteiger partial charge in [-0.05, 0) is 24.7 Å². The molecule has 2 fully saturated rings. The van der Waals surface area contributed by atoms with Crippen LogP contribution in [0.4, 0.5) is 4.79 Å². The van der Waals surface area contributed by atoms with Gasteiger partial charge >= 0.3 is 6.16 Å². The van der Waals surface area contributed by atoms with Gasteiger partial charge in [0.05, 0.1) is 0 Å². The summed E-state index contributed by atoms with van der Waals surface area (Å²) in [7, 11) is 0. The van der Waals surface area contributed by atoms with Crippen molar-refractivity contribution in [1.82, 2.24) is 0 Å². The van der Waals surface area contributed by atoms with Gasteiger partial charge < -0.3 is 9.47 Å². The molecular formula is C9H14O3. The predicted molar refractivity (Wildman–Crippen MR) is 42.7 cm³/mol. The van der Waals surface area contributed by atoms with Crippen molar-refractivity contribution in [2.75, 3.05) is 6.61 Å². The van der Waals surface area contributed by atoms with E-state index in [0.29, 0.717) is 18.4 Å². The van der Waals surface area contributed by atoms with Gasteiger partial charge in [-0.15, -0.1) is 0 Å². The minimum Gasteiger partial charge on any atom is -0.430 e. The Morgan fingerprint density at radius 3 is 2.58 bits per heavy atom. The lowest BCUT2D eigenvalue weighted by Crippen LogP contribution is -2.47. The van der Waals surface area contributed by atoms with E-state index in [2.05, 4.69) is 13.8 Å². The largest absolute Gasteiger partial charge is 0.509 e. The average Bonchev–Trinajstić information content (AvgIpc) is 2.27. The minimum atomic E-state index is -0.489. The highest BCUT2D eigenvalue weighted by molar-refractivity contribution is 5.63. The zero-order valence-corrected chi connectivity index (χ0v) is 7.50. The van der Waals surface area contributed by atoms with E-state index in [1.807, 2.05) is 0 Å². The van der Waals surface area contributed by atoms with E-state index in [1.165, 1.54) is 0 Å². The predicted octanol–water partition coefficient (Wildman–Crippen LogP) is 1.96. The summed E-state index contributed by atoms with van der Waals surface area (Å²) >= 11 is 0. The molecule has 1 heterocycles. The lowest BCUT2D eigenvalue weighted by atomic mass is 9.66. The minimum absolute atomic E-state index is 0.230. The Labute approximate surface area is 72.0 Å². The Morgan fingerprint density at radius 2 is 2.17 bits per heavy atom. The van der Waals surface area contributed by atoms with E-state index < -0.39 is 6.16 Å². The smallest absolute Gasteiger partial charge is 0.430 e. The normalized spacial score (nSPS) is 39.6. The fraction of sp³-hybridized carbons (Fsp3) is 0.889. The molecule has 0 amide bonds. The van der Waals surface area contributed by atoms with Crippen LogP contribution in [-0.2, 0) is 9.47 Å². The number of rotatable bonds is 1. The molecule has 3 nitrogen and oxygen atoms in total. The van der Waals surface area contributed by atoms with Crippen LogP contribution in [0, 0.1) is 11.8 Å². The van der Waals surface area contributed by atoms with Crippen molar-refractivity contribution in [1.29, 1.82) is 0 Å². The van der Waals surface area contributed by atoms with Crippen LogP contribution >= 0.6 is 0 Å². The summed E-state index contributed by atoms with van der Waals surface area (Å²) < 4.78 is 9.88. The molecule has 1 saturated carbocycles. The average molecular weight is 170 g/mol. The van der Waals surface area contributed by atoms with Crippen LogP contribution in [0.2, 0.25) is 0 Å². The Hall–Kier alpha value is -0.730. The summed E-state index contributed by atoms with van der Waals surface area (Å²) in [6, 6.07) is 0. The summed E-state index contributed by atoms with van der Waals surface area (Å²) in [6.45, 7) is 4.87. The Morgan fingerprint density at radius 1 is 1.50 bits per heavy atom. The molecule has 0 unspecified atom stereocenters. The van der Waals surface area contributed by atoms with E-state index in [4.69, 9.17) is 9.47 Å². The second-order valence-electron chi connectivity index (χ2n) is 4.24. The summed E-state index contributed by atoms with van der Waals surface area (Å²) in [5, 5.41) is 0. The maximum Gasteiger partial charge on any atom is 0.509 e. The number of ether oxygens (including phenoxy) is 2. The second kappa shape index (κ2) is 2.38. The van der Waals surface area contributed by atoms with Gasteiger partial charge in [-0.3, -0.25) is 0 Å². The Kier molecular flexibility index (Phi) is 1.56. The molecule has 1 saturated heterocycles. The third-order valence-corrected chi connectivity index (χ3v) is 2.96. The van der Waals surface area contributed by atoms with Crippen LogP contribution in [0.15, 0.2) is 0 Å². The highest BCUT2D eigenvalue weighted by Crippen LogP contribution is 2.47. The molecule has 0 N–H and O–H groups in total. The first kappa shape index (κ1) is 7.90. The van der Waals surface area contributed by atoms with Gasteiger partial charge in [0.1, 0.15) is 6.61 Å². The lowest BCUT2D eigenvalue weighted by molar-refractivity contribution is -0.0625. The van der Waals surface area contributed by atoms with Gasteiger partial charge in [0.2, 0.25) is 0 Å². The molecule has 3 heteroatoms. The SMILES string of the molecule is CC(C)C1CC2(COC(=O)O2)C1. The third-order valence-electron chi connectivity index (χ3n) is 2.96. The molecule has 2 rings (SSSR count). The molecule has 0 aromatic rings. The van der Waals surface area contributed by atoms with Gasteiger partial charge in [0.15, 0.2) is 5.60 Å². The van der Waals surface area contributed by atoms with Crippen LogP contribution < -0.4 is 0 Å². The third kappa shape index (κ3) is 1.08. The molecule has 1 aliphatic heterocycles. The molecule has 0 bridgehead atoms. The molecule has 0 aromatic carbocycles. The van der Waals surface area contributed by atoms with Gasteiger partial charge in [-0.25, -0.2) is 4.79 Å². The first-order valence-corrected chi connectivity index (χ1v) is 4.47. The molecule has 68 valence electrons. The highest BCUT2D eigenvalue weighted by Gasteiger charge is 2.53. The van der Waals surface area contributed by atoms with E-state index in [1.54, 1.807) is 0 Å². The van der Waals surface area contributed by atoms with Crippen molar-refractivity contribution < 1.29 is 14.3 Å². The quantitative estimate of drug-likeness (QED) is 0.564. The van der Waals surface area contributed by atoms with Crippen LogP contribution in [0.1, 0.15) is 26.7 Å². The molecule has 1 spiro atoms. The van der Waals surface area contributed by atoms with E-state index >= 15 is 0 Å². The van der Waals surface area contributed by atoms with Crippen molar-refractivity contribution in [3.63, 3.8) is 0 Å². The lowest BCUT2D eigenvalue weighted by Gasteiger charge is -2.43. The monoisotopic (exact) mass is 170 g/mol. The summed E-state index contributed by atoms with van der Waals surface area (Å²) in [5.41, 5.74) is -0.230. The van der Waals surface area contributed by atoms with Crippen LogP contribution in [0.5, 0.6) is 0 Å². The standard InChI is InChI=1S/C9H14O3/c1-6(2)7-3-9(4-7)5-11-8(10)12-9/h6-7H,3-5H2,1-2H3. The van der Waals surface area contributed by atoms with Gasteiger partial charge in [-0.1, -0.05) is 13.8 Å². The molecule has 0 atom stereocenters. The summed E-state index contributed by atoms with van der Waals surface area (Å²) in [4.78, 5) is 10.7. The molecule has 2 aliphatic rings. The first-order valence-electron chi connectivity index (χ1n) is 4.47. The van der Waals surface area contributed by atoms with Crippen LogP contribution in [0.25, 0.3) is 0 Å². The van der Waals surface area contributed by atoms with Gasteiger partial charge in [-0.2, -0.15) is 0 Å². The number of carbonyl (C=O) groups is 1. The molecule has 12 heavy (non-hydrogen) atoms. The first-order chi connectivity index (χ1) is 5.61. The van der Waals surface area contributed by atoms with Crippen molar-refractivity contribution >= 4 is 6.16 Å². The maximum absolute atomic E-state index is 10.7. The number of hydrogen-bond donors (Lipinski definition) is 0. The van der Waals surface area contributed by atoms with Crippen molar-refractivity contribution in [3.05, 3.63) is 0 Å². The summed E-state index contributed by atoms with van der Waals surface area (Å²) in [5.74, 6) is 1.40. The molecular weight excluding hydrogens is 156 g/mol. The van der Waals surface area contributed by atoms with E-state index in [9.17, 15) is 4.79 Å². The topological polar surface area (TPSA) is 35.5 Å². The Balaban J connectivity index is 1.91. The maximum atomic E-state index is 10.7.